The first-order valence-corrected chi connectivity index (χ1v) is 12.2. The van der Waals surface area contributed by atoms with Gasteiger partial charge >= 0.3 is 6.18 Å². The number of nitrogens with zero attached hydrogens (tertiary/aromatic N) is 4. The molecule has 2 aliphatic rings. The second-order valence-corrected chi connectivity index (χ2v) is 9.55. The van der Waals surface area contributed by atoms with Crippen LogP contribution in [-0.2, 0) is 17.5 Å². The third-order valence-corrected chi connectivity index (χ3v) is 7.30. The SMILES string of the molecule is N#Cc1ccc(N2C(=O)C3(CCC3)N(c3ccc(CNC(=O)c4cccnc4)c(F)c3)C2=S)cc1C(F)(F)F. The summed E-state index contributed by atoms with van der Waals surface area (Å²) in [7, 11) is 0. The van der Waals surface area contributed by atoms with E-state index in [4.69, 9.17) is 17.5 Å². The van der Waals surface area contributed by atoms with Crippen LogP contribution in [0.5, 0.6) is 0 Å². The lowest BCUT2D eigenvalue weighted by Gasteiger charge is -2.43. The second kappa shape index (κ2) is 9.74. The molecule has 1 spiro atoms. The molecule has 2 heterocycles. The van der Waals surface area contributed by atoms with E-state index in [1.54, 1.807) is 18.2 Å². The van der Waals surface area contributed by atoms with E-state index in [0.29, 0.717) is 24.8 Å². The van der Waals surface area contributed by atoms with Crippen LogP contribution in [-0.4, -0.2) is 27.4 Å². The van der Waals surface area contributed by atoms with E-state index < -0.39 is 40.5 Å². The molecule has 1 aliphatic heterocycles. The van der Waals surface area contributed by atoms with Crippen LogP contribution in [0.4, 0.5) is 28.9 Å². The van der Waals surface area contributed by atoms with Crippen molar-refractivity contribution in [1.82, 2.24) is 10.3 Å². The van der Waals surface area contributed by atoms with E-state index in [1.807, 2.05) is 0 Å². The number of alkyl halides is 3. The molecule has 0 atom stereocenters. The first kappa shape index (κ1) is 26.2. The van der Waals surface area contributed by atoms with Gasteiger partial charge in [0.15, 0.2) is 5.11 Å². The molecule has 3 aromatic rings. The number of amides is 2. The summed E-state index contributed by atoms with van der Waals surface area (Å²) in [5.74, 6) is -1.59. The minimum absolute atomic E-state index is 0.0884. The highest BCUT2D eigenvalue weighted by Crippen LogP contribution is 2.48. The molecule has 0 bridgehead atoms. The summed E-state index contributed by atoms with van der Waals surface area (Å²) in [5, 5.41) is 11.6. The zero-order chi connectivity index (χ0) is 27.9. The fourth-order valence-electron chi connectivity index (χ4n) is 4.80. The van der Waals surface area contributed by atoms with Crippen LogP contribution < -0.4 is 15.1 Å². The van der Waals surface area contributed by atoms with E-state index in [1.165, 1.54) is 41.6 Å². The van der Waals surface area contributed by atoms with Gasteiger partial charge in [0.05, 0.1) is 28.4 Å². The Morgan fingerprint density at radius 2 is 1.90 bits per heavy atom. The Morgan fingerprint density at radius 3 is 2.49 bits per heavy atom. The molecule has 0 radical (unpaired) electrons. The molecule has 2 amide bonds. The van der Waals surface area contributed by atoms with Crippen LogP contribution >= 0.6 is 12.2 Å². The molecule has 1 aromatic heterocycles. The summed E-state index contributed by atoms with van der Waals surface area (Å²) < 4.78 is 55.9. The van der Waals surface area contributed by atoms with Crippen LogP contribution in [0.3, 0.4) is 0 Å². The third kappa shape index (κ3) is 4.48. The van der Waals surface area contributed by atoms with Crippen molar-refractivity contribution < 1.29 is 27.2 Å². The lowest BCUT2D eigenvalue weighted by Crippen LogP contribution is -2.55. The summed E-state index contributed by atoms with van der Waals surface area (Å²) in [6, 6.07) is 11.9. The predicted octanol–water partition coefficient (Wildman–Crippen LogP) is 5.10. The van der Waals surface area contributed by atoms with E-state index in [2.05, 4.69) is 10.3 Å². The first-order valence-electron chi connectivity index (χ1n) is 11.8. The molecule has 12 heteroatoms. The van der Waals surface area contributed by atoms with Gasteiger partial charge < -0.3 is 10.2 Å². The Kier molecular flexibility index (Phi) is 6.56. The van der Waals surface area contributed by atoms with Gasteiger partial charge in [0.1, 0.15) is 11.4 Å². The fourth-order valence-corrected chi connectivity index (χ4v) is 5.27. The van der Waals surface area contributed by atoms with Gasteiger partial charge in [-0.15, -0.1) is 0 Å². The number of halogens is 4. The van der Waals surface area contributed by atoms with Crippen LogP contribution in [0.1, 0.15) is 46.3 Å². The molecular weight excluding hydrogens is 534 g/mol. The van der Waals surface area contributed by atoms with Crippen molar-refractivity contribution in [3.8, 4) is 6.07 Å². The van der Waals surface area contributed by atoms with Crippen LogP contribution in [0.25, 0.3) is 0 Å². The Morgan fingerprint density at radius 1 is 1.15 bits per heavy atom. The minimum atomic E-state index is -4.81. The standard InChI is InChI=1S/C27H19F4N5O2S/c28-22-12-20(7-5-17(22)15-34-23(37)18-3-1-10-33-14-18)36-25(39)35(24(38)26(36)8-2-9-26)19-6-4-16(13-32)21(11-19)27(29,30)31/h1,3-7,10-12,14H,2,8-9,15H2,(H,34,37). The van der Waals surface area contributed by atoms with E-state index in [9.17, 15) is 22.8 Å². The Hall–Kier alpha value is -4.37. The smallest absolute Gasteiger partial charge is 0.348 e. The Balaban J connectivity index is 1.44. The number of nitrogens with one attached hydrogen (secondary N) is 1. The van der Waals surface area contributed by atoms with Crippen molar-refractivity contribution >= 4 is 40.5 Å². The quantitative estimate of drug-likeness (QED) is 0.349. The molecular formula is C27H19F4N5O2S. The molecule has 1 N–H and O–H groups in total. The van der Waals surface area contributed by atoms with Gasteiger partial charge in [-0.3, -0.25) is 19.5 Å². The van der Waals surface area contributed by atoms with Crippen LogP contribution in [0.2, 0.25) is 0 Å². The summed E-state index contributed by atoms with van der Waals surface area (Å²) in [5.41, 5.74) is -2.25. The van der Waals surface area contributed by atoms with Gasteiger partial charge in [0.25, 0.3) is 11.8 Å². The predicted molar refractivity (Wildman–Crippen MR) is 137 cm³/mol. The van der Waals surface area contributed by atoms with Crippen LogP contribution in [0, 0.1) is 17.1 Å². The van der Waals surface area contributed by atoms with Crippen molar-refractivity contribution in [3.63, 3.8) is 0 Å². The molecule has 1 saturated carbocycles. The number of aromatic nitrogens is 1. The van der Waals surface area contributed by atoms with Gasteiger partial charge in [-0.25, -0.2) is 4.39 Å². The summed E-state index contributed by atoms with van der Waals surface area (Å²) in [6.07, 6.45) is -0.457. The zero-order valence-electron chi connectivity index (χ0n) is 20.1. The average Bonchev–Trinajstić information content (AvgIpc) is 3.14. The van der Waals surface area contributed by atoms with Crippen LogP contribution in [0.15, 0.2) is 60.9 Å². The molecule has 2 fully saturated rings. The van der Waals surface area contributed by atoms with Crippen molar-refractivity contribution in [3.05, 3.63) is 89.0 Å². The summed E-state index contributed by atoms with van der Waals surface area (Å²) in [6.45, 7) is -0.105. The summed E-state index contributed by atoms with van der Waals surface area (Å²) in [4.78, 5) is 32.3. The monoisotopic (exact) mass is 553 g/mol. The molecule has 5 rings (SSSR count). The number of pyridine rings is 1. The number of thiocarbonyl (C=S) groups is 1. The largest absolute Gasteiger partial charge is 0.417 e. The highest BCUT2D eigenvalue weighted by Gasteiger charge is 2.59. The van der Waals surface area contributed by atoms with E-state index in [0.717, 1.165) is 17.0 Å². The molecule has 1 aliphatic carbocycles. The normalized spacial score (nSPS) is 16.3. The van der Waals surface area contributed by atoms with Crippen molar-refractivity contribution in [2.75, 3.05) is 9.80 Å². The number of anilines is 2. The van der Waals surface area contributed by atoms with Gasteiger partial charge in [0, 0.05) is 30.2 Å². The molecule has 2 aromatic carbocycles. The van der Waals surface area contributed by atoms with Gasteiger partial charge in [0.2, 0.25) is 0 Å². The lowest BCUT2D eigenvalue weighted by atomic mass is 9.75. The summed E-state index contributed by atoms with van der Waals surface area (Å²) >= 11 is 5.57. The molecule has 1 saturated heterocycles. The van der Waals surface area contributed by atoms with E-state index >= 15 is 4.39 Å². The Bertz CT molecular complexity index is 1530. The molecule has 39 heavy (non-hydrogen) atoms. The first-order chi connectivity index (χ1) is 18.6. The number of nitriles is 1. The molecule has 0 unspecified atom stereocenters. The van der Waals surface area contributed by atoms with Crippen molar-refractivity contribution in [2.24, 2.45) is 0 Å². The second-order valence-electron chi connectivity index (χ2n) is 9.18. The zero-order valence-corrected chi connectivity index (χ0v) is 20.9. The number of carbonyl (C=O) groups is 2. The van der Waals surface area contributed by atoms with Crippen molar-refractivity contribution in [1.29, 1.82) is 5.26 Å². The highest BCUT2D eigenvalue weighted by atomic mass is 32.1. The minimum Gasteiger partial charge on any atom is -0.348 e. The number of carbonyl (C=O) groups excluding carboxylic acids is 2. The van der Waals surface area contributed by atoms with Gasteiger partial charge in [-0.05, 0) is 73.9 Å². The molecule has 198 valence electrons. The maximum atomic E-state index is 15.2. The maximum absolute atomic E-state index is 15.2. The number of benzene rings is 2. The highest BCUT2D eigenvalue weighted by molar-refractivity contribution is 7.81. The average molecular weight is 554 g/mol. The van der Waals surface area contributed by atoms with Gasteiger partial charge in [-0.1, -0.05) is 6.07 Å². The lowest BCUT2D eigenvalue weighted by molar-refractivity contribution is -0.137. The van der Waals surface area contributed by atoms with Crippen molar-refractivity contribution in [2.45, 2.75) is 37.5 Å². The third-order valence-electron chi connectivity index (χ3n) is 6.94. The maximum Gasteiger partial charge on any atom is 0.417 e. The fraction of sp³-hybridized carbons (Fsp3) is 0.222. The van der Waals surface area contributed by atoms with Gasteiger partial charge in [-0.2, -0.15) is 18.4 Å². The number of rotatable bonds is 5. The molecule has 7 nitrogen and oxygen atoms in total. The number of hydrogen-bond acceptors (Lipinski definition) is 5. The topological polar surface area (TPSA) is 89.3 Å². The number of hydrogen-bond donors (Lipinski definition) is 1. The van der Waals surface area contributed by atoms with E-state index in [-0.39, 0.29) is 28.6 Å². The Labute approximate surface area is 225 Å².